The fraction of sp³-hybridized carbons (Fsp3) is 0.353. The van der Waals surface area contributed by atoms with E-state index in [4.69, 9.17) is 0 Å². The number of aromatic nitrogens is 2. The van der Waals surface area contributed by atoms with Crippen LogP contribution in [0.3, 0.4) is 0 Å². The molecule has 8 heteroatoms. The predicted molar refractivity (Wildman–Crippen MR) is 85.6 cm³/mol. The highest BCUT2D eigenvalue weighted by atomic mass is 19.4. The third-order valence-corrected chi connectivity index (χ3v) is 4.50. The molecule has 1 N–H and O–H groups in total. The van der Waals surface area contributed by atoms with E-state index in [1.807, 2.05) is 6.92 Å². The van der Waals surface area contributed by atoms with Crippen molar-refractivity contribution in [1.29, 1.82) is 0 Å². The lowest BCUT2D eigenvalue weighted by atomic mass is 10.0. The van der Waals surface area contributed by atoms with Crippen molar-refractivity contribution < 1.29 is 18.0 Å². The molecule has 0 saturated carbocycles. The van der Waals surface area contributed by atoms with Gasteiger partial charge in [-0.3, -0.25) is 9.59 Å². The molecule has 0 saturated heterocycles. The first kappa shape index (κ1) is 17.2. The molecule has 1 aliphatic carbocycles. The standard InChI is InChI=1S/C17H16F3N3O2/c1-9-3-5-13-11(9)7-12(16(25)23(13)2)15(24)22-14-6-4-10(8-21-14)17(18,19)20/h4,6-9H,3,5H2,1-2H3,(H,21,22,24). The average Bonchev–Trinajstić information content (AvgIpc) is 2.91. The summed E-state index contributed by atoms with van der Waals surface area (Å²) in [7, 11) is 1.62. The van der Waals surface area contributed by atoms with Crippen LogP contribution in [-0.2, 0) is 19.6 Å². The van der Waals surface area contributed by atoms with Crippen molar-refractivity contribution >= 4 is 11.7 Å². The fourth-order valence-electron chi connectivity index (χ4n) is 3.03. The fourth-order valence-corrected chi connectivity index (χ4v) is 3.03. The Bertz CT molecular complexity index is 886. The Morgan fingerprint density at radius 2 is 2.08 bits per heavy atom. The van der Waals surface area contributed by atoms with Crippen molar-refractivity contribution in [3.05, 3.63) is 57.1 Å². The monoisotopic (exact) mass is 351 g/mol. The van der Waals surface area contributed by atoms with Gasteiger partial charge in [0.05, 0.1) is 5.56 Å². The van der Waals surface area contributed by atoms with E-state index in [1.165, 1.54) is 4.57 Å². The molecule has 2 aromatic rings. The quantitative estimate of drug-likeness (QED) is 0.904. The van der Waals surface area contributed by atoms with Crippen LogP contribution < -0.4 is 10.9 Å². The lowest BCUT2D eigenvalue weighted by molar-refractivity contribution is -0.137. The topological polar surface area (TPSA) is 64.0 Å². The normalized spacial score (nSPS) is 16.6. The minimum Gasteiger partial charge on any atom is -0.315 e. The Balaban J connectivity index is 1.88. The van der Waals surface area contributed by atoms with Crippen LogP contribution in [0.25, 0.3) is 0 Å². The highest BCUT2D eigenvalue weighted by molar-refractivity contribution is 6.03. The SMILES string of the molecule is CC1CCc2c1cc(C(=O)Nc1ccc(C(F)(F)F)cn1)c(=O)n2C. The van der Waals surface area contributed by atoms with E-state index in [9.17, 15) is 22.8 Å². The number of hydrogen-bond acceptors (Lipinski definition) is 3. The molecule has 132 valence electrons. The van der Waals surface area contributed by atoms with Gasteiger partial charge in [-0.1, -0.05) is 6.92 Å². The third-order valence-electron chi connectivity index (χ3n) is 4.50. The first-order chi connectivity index (χ1) is 11.7. The third kappa shape index (κ3) is 3.16. The van der Waals surface area contributed by atoms with Gasteiger partial charge in [0.15, 0.2) is 0 Å². The molecule has 1 aliphatic rings. The Morgan fingerprint density at radius 3 is 2.68 bits per heavy atom. The highest BCUT2D eigenvalue weighted by Crippen LogP contribution is 2.32. The molecular formula is C17H16F3N3O2. The van der Waals surface area contributed by atoms with Gasteiger partial charge >= 0.3 is 6.18 Å². The number of nitrogens with zero attached hydrogens (tertiary/aromatic N) is 2. The number of rotatable bonds is 2. The van der Waals surface area contributed by atoms with E-state index in [-0.39, 0.29) is 17.3 Å². The Hall–Kier alpha value is -2.64. The minimum absolute atomic E-state index is 0.0447. The van der Waals surface area contributed by atoms with Gasteiger partial charge in [-0.05, 0) is 42.5 Å². The maximum atomic E-state index is 12.5. The number of nitrogens with one attached hydrogen (secondary N) is 1. The molecule has 0 aliphatic heterocycles. The van der Waals surface area contributed by atoms with Crippen molar-refractivity contribution in [3.63, 3.8) is 0 Å². The molecule has 25 heavy (non-hydrogen) atoms. The summed E-state index contributed by atoms with van der Waals surface area (Å²) < 4.78 is 39.1. The van der Waals surface area contributed by atoms with Crippen LogP contribution in [0, 0.1) is 0 Å². The summed E-state index contributed by atoms with van der Waals surface area (Å²) in [5.74, 6) is -0.485. The van der Waals surface area contributed by atoms with E-state index < -0.39 is 23.2 Å². The molecule has 1 unspecified atom stereocenters. The molecule has 0 fully saturated rings. The van der Waals surface area contributed by atoms with E-state index in [1.54, 1.807) is 13.1 Å². The predicted octanol–water partition coefficient (Wildman–Crippen LogP) is 3.10. The largest absolute Gasteiger partial charge is 0.417 e. The lowest BCUT2D eigenvalue weighted by Crippen LogP contribution is -2.30. The zero-order valence-corrected chi connectivity index (χ0v) is 13.6. The summed E-state index contributed by atoms with van der Waals surface area (Å²) >= 11 is 0. The van der Waals surface area contributed by atoms with Crippen LogP contribution in [0.2, 0.25) is 0 Å². The van der Waals surface area contributed by atoms with Crippen molar-refractivity contribution in [2.24, 2.45) is 7.05 Å². The zero-order chi connectivity index (χ0) is 18.4. The van der Waals surface area contributed by atoms with Gasteiger partial charge in [-0.15, -0.1) is 0 Å². The first-order valence-electron chi connectivity index (χ1n) is 7.76. The Kier molecular flexibility index (Phi) is 4.14. The molecule has 2 aromatic heterocycles. The van der Waals surface area contributed by atoms with Gasteiger partial charge in [-0.25, -0.2) is 4.98 Å². The average molecular weight is 351 g/mol. The molecule has 0 spiro atoms. The lowest BCUT2D eigenvalue weighted by Gasteiger charge is -2.12. The molecule has 0 aromatic carbocycles. The molecule has 1 amide bonds. The molecule has 0 radical (unpaired) electrons. The summed E-state index contributed by atoms with van der Waals surface area (Å²) in [4.78, 5) is 28.4. The Morgan fingerprint density at radius 1 is 1.36 bits per heavy atom. The number of fused-ring (bicyclic) bond motifs is 1. The van der Waals surface area contributed by atoms with Crippen LogP contribution in [0.1, 0.15) is 46.4 Å². The van der Waals surface area contributed by atoms with Gasteiger partial charge in [0, 0.05) is 18.9 Å². The van der Waals surface area contributed by atoms with E-state index in [0.717, 1.165) is 36.2 Å². The Labute approximate surface area is 141 Å². The second-order valence-corrected chi connectivity index (χ2v) is 6.15. The van der Waals surface area contributed by atoms with Gasteiger partial charge < -0.3 is 9.88 Å². The van der Waals surface area contributed by atoms with Crippen molar-refractivity contribution in [3.8, 4) is 0 Å². The summed E-state index contributed by atoms with van der Waals surface area (Å²) in [5, 5.41) is 2.38. The number of hydrogen-bond donors (Lipinski definition) is 1. The number of amides is 1. The molecule has 3 rings (SSSR count). The molecule has 1 atom stereocenters. The van der Waals surface area contributed by atoms with Crippen LogP contribution in [-0.4, -0.2) is 15.5 Å². The number of pyridine rings is 2. The van der Waals surface area contributed by atoms with Crippen LogP contribution in [0.5, 0.6) is 0 Å². The maximum absolute atomic E-state index is 12.5. The zero-order valence-electron chi connectivity index (χ0n) is 13.6. The second kappa shape index (κ2) is 6.02. The number of halogens is 3. The van der Waals surface area contributed by atoms with Gasteiger partial charge in [0.2, 0.25) is 0 Å². The molecular weight excluding hydrogens is 335 g/mol. The van der Waals surface area contributed by atoms with Gasteiger partial charge in [0.1, 0.15) is 11.4 Å². The smallest absolute Gasteiger partial charge is 0.315 e. The highest BCUT2D eigenvalue weighted by Gasteiger charge is 2.31. The van der Waals surface area contributed by atoms with Gasteiger partial charge in [0.25, 0.3) is 11.5 Å². The number of carbonyl (C=O) groups is 1. The molecule has 2 heterocycles. The number of carbonyl (C=O) groups excluding carboxylic acids is 1. The van der Waals surface area contributed by atoms with Crippen molar-refractivity contribution in [1.82, 2.24) is 9.55 Å². The molecule has 0 bridgehead atoms. The number of alkyl halides is 3. The van der Waals surface area contributed by atoms with Crippen molar-refractivity contribution in [2.45, 2.75) is 31.9 Å². The maximum Gasteiger partial charge on any atom is 0.417 e. The van der Waals surface area contributed by atoms with Gasteiger partial charge in [-0.2, -0.15) is 13.2 Å². The van der Waals surface area contributed by atoms with E-state index >= 15 is 0 Å². The van der Waals surface area contributed by atoms with Crippen molar-refractivity contribution in [2.75, 3.05) is 5.32 Å². The number of anilines is 1. The van der Waals surface area contributed by atoms with E-state index in [2.05, 4.69) is 10.3 Å². The van der Waals surface area contributed by atoms with Crippen LogP contribution in [0.4, 0.5) is 19.0 Å². The second-order valence-electron chi connectivity index (χ2n) is 6.15. The van der Waals surface area contributed by atoms with E-state index in [0.29, 0.717) is 6.20 Å². The summed E-state index contributed by atoms with van der Waals surface area (Å²) in [5.41, 5.74) is 0.482. The van der Waals surface area contributed by atoms with Crippen LogP contribution >= 0.6 is 0 Å². The summed E-state index contributed by atoms with van der Waals surface area (Å²) in [6.45, 7) is 2.02. The molecule has 5 nitrogen and oxygen atoms in total. The van der Waals surface area contributed by atoms with Crippen LogP contribution in [0.15, 0.2) is 29.2 Å². The summed E-state index contributed by atoms with van der Waals surface area (Å²) in [6.07, 6.45) is -2.17. The first-order valence-corrected chi connectivity index (χ1v) is 7.76. The minimum atomic E-state index is -4.50. The summed E-state index contributed by atoms with van der Waals surface area (Å²) in [6, 6.07) is 3.46.